The minimum atomic E-state index is -0.520. The highest BCUT2D eigenvalue weighted by Gasteiger charge is 2.07. The lowest BCUT2D eigenvalue weighted by Gasteiger charge is -2.05. The highest BCUT2D eigenvalue weighted by Crippen LogP contribution is 2.12. The van der Waals surface area contributed by atoms with Gasteiger partial charge in [-0.25, -0.2) is 4.39 Å². The molecule has 1 aromatic carbocycles. The number of oxime groups is 1. The van der Waals surface area contributed by atoms with Crippen LogP contribution in [0.15, 0.2) is 23.4 Å². The third kappa shape index (κ3) is 3.20. The number of nitrogens with one attached hydrogen (secondary N) is 1. The molecule has 0 saturated carbocycles. The van der Waals surface area contributed by atoms with E-state index in [0.29, 0.717) is 5.56 Å². The molecule has 6 heteroatoms. The summed E-state index contributed by atoms with van der Waals surface area (Å²) in [6, 6.07) is 4.11. The zero-order valence-corrected chi connectivity index (χ0v) is 9.25. The normalized spacial score (nSPS) is 11.3. The second-order valence-electron chi connectivity index (χ2n) is 3.11. The average Bonchev–Trinajstić information content (AvgIpc) is 2.26. The Balaban J connectivity index is 2.87. The number of rotatable bonds is 3. The number of amides is 1. The Morgan fingerprint density at radius 1 is 1.62 bits per heavy atom. The number of nitrogens with zero attached hydrogens (tertiary/aromatic N) is 1. The second-order valence-corrected chi connectivity index (χ2v) is 3.46. The van der Waals surface area contributed by atoms with Gasteiger partial charge >= 0.3 is 0 Å². The summed E-state index contributed by atoms with van der Waals surface area (Å²) < 4.78 is 13.5. The molecule has 1 rings (SSSR count). The van der Waals surface area contributed by atoms with Crippen molar-refractivity contribution in [2.24, 2.45) is 5.16 Å². The van der Waals surface area contributed by atoms with Gasteiger partial charge in [0.05, 0.1) is 0 Å². The van der Waals surface area contributed by atoms with Gasteiger partial charge in [0, 0.05) is 24.6 Å². The van der Waals surface area contributed by atoms with Crippen LogP contribution in [-0.4, -0.2) is 16.3 Å². The lowest BCUT2D eigenvalue weighted by molar-refractivity contribution is -0.119. The molecule has 0 bridgehead atoms. The largest absolute Gasteiger partial charge is 0.410 e. The molecule has 0 fully saturated rings. The summed E-state index contributed by atoms with van der Waals surface area (Å²) >= 11 is 5.51. The van der Waals surface area contributed by atoms with Crippen LogP contribution in [0.3, 0.4) is 0 Å². The quantitative estimate of drug-likeness (QED) is 0.484. The molecule has 0 radical (unpaired) electrons. The van der Waals surface area contributed by atoms with Crippen LogP contribution in [0.25, 0.3) is 0 Å². The molecule has 0 aliphatic rings. The van der Waals surface area contributed by atoms with Gasteiger partial charge in [-0.3, -0.25) is 4.79 Å². The van der Waals surface area contributed by atoms with Crippen molar-refractivity contribution < 1.29 is 14.4 Å². The van der Waals surface area contributed by atoms with Gasteiger partial charge in [-0.1, -0.05) is 28.9 Å². The predicted octanol–water partition coefficient (Wildman–Crippen LogP) is 1.84. The van der Waals surface area contributed by atoms with Crippen LogP contribution in [0.5, 0.6) is 0 Å². The van der Waals surface area contributed by atoms with Gasteiger partial charge in [-0.05, 0) is 6.07 Å². The van der Waals surface area contributed by atoms with Crippen LogP contribution in [0.4, 0.5) is 4.39 Å². The molecule has 1 aromatic rings. The van der Waals surface area contributed by atoms with E-state index in [1.807, 2.05) is 0 Å². The third-order valence-corrected chi connectivity index (χ3v) is 2.20. The van der Waals surface area contributed by atoms with E-state index in [4.69, 9.17) is 16.8 Å². The maximum Gasteiger partial charge on any atom is 0.217 e. The lowest BCUT2D eigenvalue weighted by Crippen LogP contribution is -2.19. The molecule has 0 heterocycles. The second kappa shape index (κ2) is 5.46. The van der Waals surface area contributed by atoms with E-state index in [1.54, 1.807) is 0 Å². The minimum Gasteiger partial charge on any atom is -0.410 e. The van der Waals surface area contributed by atoms with Gasteiger partial charge in [0.2, 0.25) is 5.91 Å². The zero-order valence-electron chi connectivity index (χ0n) is 8.50. The minimum absolute atomic E-state index is 0.106. The van der Waals surface area contributed by atoms with Crippen molar-refractivity contribution in [3.05, 3.63) is 35.1 Å². The fraction of sp³-hybridized carbons (Fsp3) is 0.200. The van der Waals surface area contributed by atoms with Crippen LogP contribution in [0.1, 0.15) is 18.1 Å². The molecule has 4 nitrogen and oxygen atoms in total. The van der Waals surface area contributed by atoms with Crippen molar-refractivity contribution in [3.8, 4) is 0 Å². The number of hydrogen-bond acceptors (Lipinski definition) is 3. The maximum atomic E-state index is 13.5. The first-order valence-electron chi connectivity index (χ1n) is 4.45. The van der Waals surface area contributed by atoms with Crippen molar-refractivity contribution in [2.75, 3.05) is 0 Å². The Bertz CT molecular complexity index is 435. The Kier molecular flexibility index (Phi) is 4.25. The highest BCUT2D eigenvalue weighted by atomic mass is 35.5. The Labute approximate surface area is 96.7 Å². The summed E-state index contributed by atoms with van der Waals surface area (Å²) in [5, 5.41) is 13.4. The number of halogens is 2. The summed E-state index contributed by atoms with van der Waals surface area (Å²) in [6.45, 7) is 1.46. The third-order valence-electron chi connectivity index (χ3n) is 1.91. The molecule has 2 N–H and O–H groups in total. The molecule has 0 spiro atoms. The number of carbonyl (C=O) groups excluding carboxylic acids is 1. The van der Waals surface area contributed by atoms with Gasteiger partial charge in [0.1, 0.15) is 5.82 Å². The van der Waals surface area contributed by atoms with Gasteiger partial charge in [-0.15, -0.1) is 0 Å². The van der Waals surface area contributed by atoms with Crippen molar-refractivity contribution in [1.82, 2.24) is 5.32 Å². The first kappa shape index (κ1) is 12.4. The topological polar surface area (TPSA) is 61.7 Å². The van der Waals surface area contributed by atoms with E-state index in [1.165, 1.54) is 19.1 Å². The molecule has 0 atom stereocenters. The summed E-state index contributed by atoms with van der Waals surface area (Å²) in [5.74, 6) is -0.758. The zero-order chi connectivity index (χ0) is 12.1. The summed E-state index contributed by atoms with van der Waals surface area (Å²) in [4.78, 5) is 10.6. The van der Waals surface area contributed by atoms with Crippen LogP contribution >= 0.6 is 11.6 Å². The van der Waals surface area contributed by atoms with E-state index in [2.05, 4.69) is 10.5 Å². The van der Waals surface area contributed by atoms with Gasteiger partial charge in [0.15, 0.2) is 5.17 Å². The molecule has 16 heavy (non-hydrogen) atoms. The van der Waals surface area contributed by atoms with Crippen LogP contribution in [0, 0.1) is 5.82 Å². The SMILES string of the molecule is CC(=O)NCc1ccc(C(Cl)=NO)cc1F. The van der Waals surface area contributed by atoms with Crippen molar-refractivity contribution >= 4 is 22.7 Å². The van der Waals surface area contributed by atoms with Gasteiger partial charge in [0.25, 0.3) is 0 Å². The van der Waals surface area contributed by atoms with E-state index < -0.39 is 5.82 Å². The molecular formula is C10H10ClFN2O2. The van der Waals surface area contributed by atoms with Crippen LogP contribution in [0.2, 0.25) is 0 Å². The smallest absolute Gasteiger partial charge is 0.217 e. The Hall–Kier alpha value is -1.62. The van der Waals surface area contributed by atoms with E-state index in [-0.39, 0.29) is 23.2 Å². The number of carbonyl (C=O) groups is 1. The lowest BCUT2D eigenvalue weighted by atomic mass is 10.1. The van der Waals surface area contributed by atoms with E-state index in [9.17, 15) is 9.18 Å². The fourth-order valence-electron chi connectivity index (χ4n) is 1.10. The summed E-state index contributed by atoms with van der Waals surface area (Å²) in [6.07, 6.45) is 0. The van der Waals surface area contributed by atoms with Gasteiger partial charge in [-0.2, -0.15) is 0 Å². The first-order chi connectivity index (χ1) is 7.54. The summed E-state index contributed by atoms with van der Waals surface area (Å²) in [7, 11) is 0. The molecule has 0 aromatic heterocycles. The summed E-state index contributed by atoms with van der Waals surface area (Å²) in [5.41, 5.74) is 0.606. The van der Waals surface area contributed by atoms with Crippen molar-refractivity contribution in [3.63, 3.8) is 0 Å². The fourth-order valence-corrected chi connectivity index (χ4v) is 1.21. The van der Waals surface area contributed by atoms with E-state index >= 15 is 0 Å². The van der Waals surface area contributed by atoms with Crippen molar-refractivity contribution in [2.45, 2.75) is 13.5 Å². The van der Waals surface area contributed by atoms with E-state index in [0.717, 1.165) is 6.07 Å². The molecule has 0 unspecified atom stereocenters. The standard InChI is InChI=1S/C10H10ClFN2O2/c1-6(15)13-5-8-3-2-7(4-9(8)12)10(11)14-16/h2-4,16H,5H2,1H3,(H,13,15). The average molecular weight is 245 g/mol. The predicted molar refractivity (Wildman–Crippen MR) is 58.1 cm³/mol. The Morgan fingerprint density at radius 3 is 2.81 bits per heavy atom. The van der Waals surface area contributed by atoms with Crippen LogP contribution < -0.4 is 5.32 Å². The molecule has 1 amide bonds. The van der Waals surface area contributed by atoms with Crippen molar-refractivity contribution in [1.29, 1.82) is 0 Å². The van der Waals surface area contributed by atoms with Crippen LogP contribution in [-0.2, 0) is 11.3 Å². The molecular weight excluding hydrogens is 235 g/mol. The maximum absolute atomic E-state index is 13.5. The molecule has 0 saturated heterocycles. The number of hydrogen-bond donors (Lipinski definition) is 2. The molecule has 0 aliphatic heterocycles. The highest BCUT2D eigenvalue weighted by molar-refractivity contribution is 6.69. The monoisotopic (exact) mass is 244 g/mol. The molecule has 0 aliphatic carbocycles. The Morgan fingerprint density at radius 2 is 2.31 bits per heavy atom. The molecule has 86 valence electrons. The first-order valence-corrected chi connectivity index (χ1v) is 4.83. The van der Waals surface area contributed by atoms with Gasteiger partial charge < -0.3 is 10.5 Å². The number of benzene rings is 1.